The molecule has 5 rings (SSSR count). The van der Waals surface area contributed by atoms with E-state index < -0.39 is 30.3 Å². The topological polar surface area (TPSA) is 105 Å². The maximum atomic E-state index is 13.8. The van der Waals surface area contributed by atoms with Crippen LogP contribution in [0, 0.1) is 0 Å². The number of rotatable bonds is 10. The zero-order valence-electron chi connectivity index (χ0n) is 22.9. The van der Waals surface area contributed by atoms with E-state index in [0.717, 1.165) is 27.8 Å². The molecule has 3 aromatic carbocycles. The average Bonchev–Trinajstić information content (AvgIpc) is 3.31. The Morgan fingerprint density at radius 2 is 1.61 bits per heavy atom. The molecular weight excluding hydrogens is 540 g/mol. The number of benzene rings is 3. The van der Waals surface area contributed by atoms with Gasteiger partial charge in [-0.05, 0) is 34.7 Å². The third-order valence-electron chi connectivity index (χ3n) is 7.63. The van der Waals surface area contributed by atoms with Gasteiger partial charge >= 0.3 is 12.1 Å². The minimum atomic E-state index is -1.05. The van der Waals surface area contributed by atoms with E-state index in [1.54, 1.807) is 23.6 Å². The Kier molecular flexibility index (Phi) is 9.26. The van der Waals surface area contributed by atoms with Gasteiger partial charge in [0.05, 0.1) is 25.2 Å². The highest BCUT2D eigenvalue weighted by Gasteiger charge is 2.37. The van der Waals surface area contributed by atoms with Crippen molar-refractivity contribution in [2.24, 2.45) is 0 Å². The fraction of sp³-hybridized carbons (Fsp3) is 0.344. The summed E-state index contributed by atoms with van der Waals surface area (Å²) in [6, 6.07) is 24.2. The molecule has 214 valence electrons. The van der Waals surface area contributed by atoms with E-state index in [-0.39, 0.29) is 31.5 Å². The lowest BCUT2D eigenvalue weighted by Gasteiger charge is -2.38. The van der Waals surface area contributed by atoms with Crippen LogP contribution in [0.1, 0.15) is 36.0 Å². The first-order chi connectivity index (χ1) is 19.9. The fourth-order valence-corrected chi connectivity index (χ4v) is 6.60. The number of carbonyl (C=O) groups is 3. The van der Waals surface area contributed by atoms with Gasteiger partial charge in [0.15, 0.2) is 0 Å². The number of carbonyl (C=O) groups excluding carboxylic acids is 2. The van der Waals surface area contributed by atoms with Gasteiger partial charge in [-0.3, -0.25) is 9.59 Å². The number of carboxylic acids is 1. The smallest absolute Gasteiger partial charge is 0.407 e. The van der Waals surface area contributed by atoms with Crippen LogP contribution in [0.2, 0.25) is 0 Å². The second-order valence-electron chi connectivity index (χ2n) is 10.3. The van der Waals surface area contributed by atoms with Crippen LogP contribution in [0.3, 0.4) is 0 Å². The maximum absolute atomic E-state index is 13.8. The number of thioether (sulfide) groups is 1. The molecule has 0 bridgehead atoms. The molecule has 0 saturated carbocycles. The largest absolute Gasteiger partial charge is 0.481 e. The van der Waals surface area contributed by atoms with E-state index in [0.29, 0.717) is 18.1 Å². The number of alkyl carbamates (subject to hydrolysis) is 1. The number of hydrogen-bond donors (Lipinski definition) is 2. The molecule has 3 atom stereocenters. The predicted octanol–water partition coefficient (Wildman–Crippen LogP) is 4.92. The van der Waals surface area contributed by atoms with Crippen LogP contribution in [0.5, 0.6) is 0 Å². The maximum Gasteiger partial charge on any atom is 0.407 e. The summed E-state index contributed by atoms with van der Waals surface area (Å²) in [5.41, 5.74) is 5.37. The summed E-state index contributed by atoms with van der Waals surface area (Å²) < 4.78 is 11.8. The van der Waals surface area contributed by atoms with Crippen molar-refractivity contribution >= 4 is 29.7 Å². The molecule has 3 aromatic rings. The number of hydrogen-bond acceptors (Lipinski definition) is 6. The predicted molar refractivity (Wildman–Crippen MR) is 158 cm³/mol. The summed E-state index contributed by atoms with van der Waals surface area (Å²) in [6.07, 6.45) is -1.57. The number of amides is 2. The average molecular weight is 575 g/mol. The molecule has 1 saturated heterocycles. The quantitative estimate of drug-likeness (QED) is 0.354. The number of carboxylic acid groups (broad SMARTS) is 1. The van der Waals surface area contributed by atoms with E-state index >= 15 is 0 Å². The van der Waals surface area contributed by atoms with Gasteiger partial charge in [-0.15, -0.1) is 0 Å². The molecule has 2 N–H and O–H groups in total. The Hall–Kier alpha value is -3.82. The molecule has 1 heterocycles. The Morgan fingerprint density at radius 1 is 0.976 bits per heavy atom. The zero-order chi connectivity index (χ0) is 28.8. The highest BCUT2D eigenvalue weighted by atomic mass is 32.2. The summed E-state index contributed by atoms with van der Waals surface area (Å²) in [7, 11) is 0. The normalized spacial score (nSPS) is 17.7. The highest BCUT2D eigenvalue weighted by Crippen LogP contribution is 2.44. The van der Waals surface area contributed by atoms with Crippen LogP contribution in [-0.4, -0.2) is 70.8 Å². The van der Waals surface area contributed by atoms with Crippen LogP contribution < -0.4 is 5.32 Å². The standard InChI is InChI=1S/C32H34N2O6S/c1-21(39-18-22-9-3-2-4-10-22)30(31(37)34-15-16-41-20-23(34)17-29(35)36)33-32(38)40-19-28-26-13-7-5-11-24(26)25-12-6-8-14-27(25)28/h2-14,21,23,28,30H,15-20H2,1H3,(H,33,38)(H,35,36)/t21-,23?,30+/m0/s1. The number of aliphatic carboxylic acids is 1. The molecule has 0 aromatic heterocycles. The molecule has 1 fully saturated rings. The number of ether oxygens (including phenoxy) is 2. The van der Waals surface area contributed by atoms with E-state index in [1.165, 1.54) is 0 Å². The first kappa shape index (κ1) is 28.7. The summed E-state index contributed by atoms with van der Waals surface area (Å²) in [5, 5.41) is 12.2. The van der Waals surface area contributed by atoms with E-state index in [4.69, 9.17) is 9.47 Å². The van der Waals surface area contributed by atoms with Crippen LogP contribution in [-0.2, 0) is 25.7 Å². The summed E-state index contributed by atoms with van der Waals surface area (Å²) in [4.78, 5) is 40.1. The minimum Gasteiger partial charge on any atom is -0.481 e. The van der Waals surface area contributed by atoms with Gasteiger partial charge in [-0.2, -0.15) is 11.8 Å². The van der Waals surface area contributed by atoms with Crippen molar-refractivity contribution in [2.75, 3.05) is 24.7 Å². The van der Waals surface area contributed by atoms with Gasteiger partial charge in [0, 0.05) is 24.0 Å². The Morgan fingerprint density at radius 3 is 2.27 bits per heavy atom. The number of fused-ring (bicyclic) bond motifs is 3. The van der Waals surface area contributed by atoms with Gasteiger partial charge in [0.1, 0.15) is 12.6 Å². The van der Waals surface area contributed by atoms with E-state index in [1.807, 2.05) is 66.7 Å². The number of nitrogens with one attached hydrogen (secondary N) is 1. The van der Waals surface area contributed by atoms with Crippen molar-refractivity contribution in [2.45, 2.75) is 44.1 Å². The summed E-state index contributed by atoms with van der Waals surface area (Å²) in [6.45, 7) is 2.50. The van der Waals surface area contributed by atoms with Crippen molar-refractivity contribution in [3.8, 4) is 11.1 Å². The van der Waals surface area contributed by atoms with Gasteiger partial charge in [0.25, 0.3) is 0 Å². The van der Waals surface area contributed by atoms with Gasteiger partial charge in [-0.1, -0.05) is 78.9 Å². The van der Waals surface area contributed by atoms with E-state index in [2.05, 4.69) is 17.4 Å². The lowest BCUT2D eigenvalue weighted by molar-refractivity contribution is -0.143. The van der Waals surface area contributed by atoms with Crippen LogP contribution in [0.25, 0.3) is 11.1 Å². The van der Waals surface area contributed by atoms with Crippen LogP contribution >= 0.6 is 11.8 Å². The molecular formula is C32H34N2O6S. The zero-order valence-corrected chi connectivity index (χ0v) is 23.7. The molecule has 8 nitrogen and oxygen atoms in total. The Balaban J connectivity index is 1.30. The van der Waals surface area contributed by atoms with Crippen LogP contribution in [0.4, 0.5) is 4.79 Å². The monoisotopic (exact) mass is 574 g/mol. The first-order valence-corrected chi connectivity index (χ1v) is 14.9. The molecule has 2 amide bonds. The third kappa shape index (κ3) is 6.74. The van der Waals surface area contributed by atoms with Gasteiger partial charge in [0.2, 0.25) is 5.91 Å². The second kappa shape index (κ2) is 13.2. The summed E-state index contributed by atoms with van der Waals surface area (Å²) >= 11 is 1.62. The van der Waals surface area contributed by atoms with Gasteiger partial charge in [-0.25, -0.2) is 4.79 Å². The lowest BCUT2D eigenvalue weighted by Crippen LogP contribution is -2.58. The molecule has 2 aliphatic rings. The van der Waals surface area contributed by atoms with Crippen molar-refractivity contribution < 1.29 is 29.0 Å². The Bertz CT molecular complexity index is 1340. The van der Waals surface area contributed by atoms with Crippen molar-refractivity contribution in [3.63, 3.8) is 0 Å². The van der Waals surface area contributed by atoms with Crippen molar-refractivity contribution in [1.82, 2.24) is 10.2 Å². The summed E-state index contributed by atoms with van der Waals surface area (Å²) in [5.74, 6) is -0.239. The van der Waals surface area contributed by atoms with Crippen molar-refractivity contribution in [3.05, 3.63) is 95.6 Å². The SMILES string of the molecule is C[C@H](OCc1ccccc1)[C@@H](NC(=O)OCC1c2ccccc2-c2ccccc21)C(=O)N1CCSCC1CC(=O)O. The lowest BCUT2D eigenvalue weighted by atomic mass is 9.98. The second-order valence-corrected chi connectivity index (χ2v) is 11.5. The molecule has 1 unspecified atom stereocenters. The molecule has 0 radical (unpaired) electrons. The molecule has 41 heavy (non-hydrogen) atoms. The van der Waals surface area contributed by atoms with E-state index in [9.17, 15) is 19.5 Å². The molecule has 0 spiro atoms. The third-order valence-corrected chi connectivity index (χ3v) is 8.72. The first-order valence-electron chi connectivity index (χ1n) is 13.8. The number of nitrogens with zero attached hydrogens (tertiary/aromatic N) is 1. The molecule has 9 heteroatoms. The fourth-order valence-electron chi connectivity index (χ4n) is 5.54. The minimum absolute atomic E-state index is 0.113. The molecule has 1 aliphatic carbocycles. The molecule has 1 aliphatic heterocycles. The van der Waals surface area contributed by atoms with Crippen molar-refractivity contribution in [1.29, 1.82) is 0 Å². The van der Waals surface area contributed by atoms with Gasteiger partial charge < -0.3 is 24.8 Å². The van der Waals surface area contributed by atoms with Crippen LogP contribution in [0.15, 0.2) is 78.9 Å². The Labute approximate surface area is 244 Å². The highest BCUT2D eigenvalue weighted by molar-refractivity contribution is 7.99.